The van der Waals surface area contributed by atoms with E-state index in [-0.39, 0.29) is 11.9 Å². The van der Waals surface area contributed by atoms with Gasteiger partial charge in [0.25, 0.3) is 0 Å². The van der Waals surface area contributed by atoms with E-state index in [1.165, 1.54) is 0 Å². The van der Waals surface area contributed by atoms with Crippen molar-refractivity contribution in [1.29, 1.82) is 10.8 Å². The first kappa shape index (κ1) is 9.53. The summed E-state index contributed by atoms with van der Waals surface area (Å²) in [5.41, 5.74) is 5.92. The van der Waals surface area contributed by atoms with E-state index < -0.39 is 0 Å². The number of anilines is 1. The summed E-state index contributed by atoms with van der Waals surface area (Å²) in [7, 11) is 0. The summed E-state index contributed by atoms with van der Waals surface area (Å²) >= 11 is 1.59. The van der Waals surface area contributed by atoms with E-state index in [2.05, 4.69) is 10.6 Å². The molecule has 0 fully saturated rings. The topological polar surface area (TPSA) is 97.8 Å². The van der Waals surface area contributed by atoms with Crippen LogP contribution in [-0.4, -0.2) is 11.9 Å². The number of thiophene rings is 1. The highest BCUT2D eigenvalue weighted by molar-refractivity contribution is 7.10. The Morgan fingerprint density at radius 1 is 1.54 bits per heavy atom. The first-order valence-corrected chi connectivity index (χ1v) is 4.48. The van der Waals surface area contributed by atoms with E-state index in [1.807, 2.05) is 18.4 Å². The van der Waals surface area contributed by atoms with Gasteiger partial charge in [-0.1, -0.05) is 0 Å². The Bertz CT molecular complexity index is 329. The van der Waals surface area contributed by atoms with Crippen molar-refractivity contribution < 1.29 is 0 Å². The van der Waals surface area contributed by atoms with Crippen molar-refractivity contribution in [2.45, 2.75) is 6.92 Å². The largest absolute Gasteiger partial charge is 0.370 e. The van der Waals surface area contributed by atoms with Crippen molar-refractivity contribution >= 4 is 28.9 Å². The Kier molecular flexibility index (Phi) is 2.86. The predicted molar refractivity (Wildman–Crippen MR) is 55.5 cm³/mol. The van der Waals surface area contributed by atoms with Gasteiger partial charge in [-0.15, -0.1) is 11.3 Å². The second kappa shape index (κ2) is 3.90. The molecule has 0 saturated heterocycles. The van der Waals surface area contributed by atoms with E-state index in [0.29, 0.717) is 0 Å². The van der Waals surface area contributed by atoms with Gasteiger partial charge in [-0.2, -0.15) is 0 Å². The van der Waals surface area contributed by atoms with E-state index in [9.17, 15) is 0 Å². The van der Waals surface area contributed by atoms with E-state index in [1.54, 1.807) is 11.3 Å². The quantitative estimate of drug-likeness (QED) is 0.341. The lowest BCUT2D eigenvalue weighted by Gasteiger charge is -2.07. The van der Waals surface area contributed by atoms with Crippen LogP contribution in [0.3, 0.4) is 0 Å². The molecular formula is C7H11N5S. The van der Waals surface area contributed by atoms with Gasteiger partial charge in [-0.3, -0.25) is 16.1 Å². The predicted octanol–water partition coefficient (Wildman–Crippen LogP) is 0.886. The Labute approximate surface area is 80.0 Å². The van der Waals surface area contributed by atoms with Crippen molar-refractivity contribution in [3.8, 4) is 0 Å². The third-order valence-corrected chi connectivity index (χ3v) is 2.22. The first-order valence-electron chi connectivity index (χ1n) is 3.60. The molecule has 0 unspecified atom stereocenters. The highest BCUT2D eigenvalue weighted by Crippen LogP contribution is 2.19. The molecule has 1 aromatic rings. The number of aryl methyl sites for hydroxylation is 1. The van der Waals surface area contributed by atoms with Crippen LogP contribution in [0.5, 0.6) is 0 Å². The van der Waals surface area contributed by atoms with Crippen LogP contribution >= 0.6 is 11.3 Å². The van der Waals surface area contributed by atoms with Crippen molar-refractivity contribution in [2.75, 3.05) is 5.32 Å². The molecule has 0 saturated carbocycles. The molecule has 0 amide bonds. The van der Waals surface area contributed by atoms with Crippen LogP contribution in [0.4, 0.5) is 5.69 Å². The summed E-state index contributed by atoms with van der Waals surface area (Å²) in [6.07, 6.45) is 0. The number of hydrogen-bond acceptors (Lipinski definition) is 3. The molecule has 5 nitrogen and oxygen atoms in total. The Morgan fingerprint density at radius 3 is 2.69 bits per heavy atom. The Balaban J connectivity index is 2.55. The Hall–Kier alpha value is -1.56. The molecular weight excluding hydrogens is 186 g/mol. The monoisotopic (exact) mass is 197 g/mol. The van der Waals surface area contributed by atoms with Gasteiger partial charge in [-0.25, -0.2) is 0 Å². The van der Waals surface area contributed by atoms with Crippen LogP contribution in [0, 0.1) is 17.7 Å². The zero-order chi connectivity index (χ0) is 9.84. The van der Waals surface area contributed by atoms with E-state index in [0.717, 1.165) is 10.6 Å². The van der Waals surface area contributed by atoms with Crippen LogP contribution in [0.15, 0.2) is 11.4 Å². The maximum atomic E-state index is 7.35. The number of guanidine groups is 2. The second-order valence-corrected chi connectivity index (χ2v) is 3.55. The fourth-order valence-corrected chi connectivity index (χ4v) is 1.47. The highest BCUT2D eigenvalue weighted by atomic mass is 32.1. The number of hydrogen-bond donors (Lipinski definition) is 5. The lowest BCUT2D eigenvalue weighted by molar-refractivity contribution is 1.20. The third-order valence-electron chi connectivity index (χ3n) is 1.38. The molecule has 0 radical (unpaired) electrons. The molecule has 0 aromatic carbocycles. The number of nitrogens with one attached hydrogen (secondary N) is 4. The third kappa shape index (κ3) is 2.75. The van der Waals surface area contributed by atoms with E-state index in [4.69, 9.17) is 16.6 Å². The van der Waals surface area contributed by atoms with Gasteiger partial charge in [0.1, 0.15) is 0 Å². The van der Waals surface area contributed by atoms with Gasteiger partial charge in [0.2, 0.25) is 0 Å². The summed E-state index contributed by atoms with van der Waals surface area (Å²) in [5, 5.41) is 21.3. The Morgan fingerprint density at radius 2 is 2.23 bits per heavy atom. The minimum atomic E-state index is -0.245. The second-order valence-electron chi connectivity index (χ2n) is 2.43. The standard InChI is InChI=1S/C7H11N5S/c1-4-5(2-3-13-4)11-7(10)12-6(8)9/h2-3H,1H3,(H6,8,9,10,11,12). The number of rotatable bonds is 1. The van der Waals surface area contributed by atoms with Crippen molar-refractivity contribution in [2.24, 2.45) is 5.73 Å². The molecule has 0 aliphatic carbocycles. The van der Waals surface area contributed by atoms with Gasteiger partial charge < -0.3 is 11.1 Å². The lowest BCUT2D eigenvalue weighted by Crippen LogP contribution is -2.39. The summed E-state index contributed by atoms with van der Waals surface area (Å²) in [5.74, 6) is -0.237. The zero-order valence-electron chi connectivity index (χ0n) is 7.14. The van der Waals surface area contributed by atoms with Crippen LogP contribution in [0.25, 0.3) is 0 Å². The number of nitrogens with two attached hydrogens (primary N) is 1. The van der Waals surface area contributed by atoms with Crippen LogP contribution < -0.4 is 16.4 Å². The SMILES string of the molecule is Cc1sccc1NC(=N)NC(=N)N. The average molecular weight is 197 g/mol. The summed E-state index contributed by atoms with van der Waals surface area (Å²) in [6.45, 7) is 1.95. The van der Waals surface area contributed by atoms with Crippen LogP contribution in [0.2, 0.25) is 0 Å². The summed E-state index contributed by atoms with van der Waals surface area (Å²) in [4.78, 5) is 1.09. The molecule has 70 valence electrons. The van der Waals surface area contributed by atoms with Gasteiger partial charge in [0, 0.05) is 4.88 Å². The molecule has 1 heterocycles. The molecule has 6 heteroatoms. The summed E-state index contributed by atoms with van der Waals surface area (Å²) < 4.78 is 0. The minimum absolute atomic E-state index is 0.00833. The lowest BCUT2D eigenvalue weighted by atomic mass is 10.4. The molecule has 0 aliphatic rings. The molecule has 13 heavy (non-hydrogen) atoms. The van der Waals surface area contributed by atoms with Crippen molar-refractivity contribution in [1.82, 2.24) is 5.32 Å². The maximum absolute atomic E-state index is 7.35. The van der Waals surface area contributed by atoms with Gasteiger partial charge >= 0.3 is 0 Å². The van der Waals surface area contributed by atoms with E-state index >= 15 is 0 Å². The van der Waals surface area contributed by atoms with Gasteiger partial charge in [-0.05, 0) is 18.4 Å². The highest BCUT2D eigenvalue weighted by Gasteiger charge is 2.01. The molecule has 0 spiro atoms. The molecule has 0 atom stereocenters. The summed E-state index contributed by atoms with van der Waals surface area (Å²) in [6, 6.07) is 1.87. The molecule has 6 N–H and O–H groups in total. The normalized spacial score (nSPS) is 9.31. The van der Waals surface area contributed by atoms with Gasteiger partial charge in [0.05, 0.1) is 5.69 Å². The molecule has 0 aliphatic heterocycles. The first-order chi connectivity index (χ1) is 6.09. The molecule has 1 aromatic heterocycles. The fraction of sp³-hybridized carbons (Fsp3) is 0.143. The zero-order valence-corrected chi connectivity index (χ0v) is 7.96. The maximum Gasteiger partial charge on any atom is 0.199 e. The molecule has 1 rings (SSSR count). The van der Waals surface area contributed by atoms with Crippen LogP contribution in [0.1, 0.15) is 4.88 Å². The fourth-order valence-electron chi connectivity index (χ4n) is 0.815. The van der Waals surface area contributed by atoms with Crippen LogP contribution in [-0.2, 0) is 0 Å². The van der Waals surface area contributed by atoms with Crippen molar-refractivity contribution in [3.63, 3.8) is 0 Å². The minimum Gasteiger partial charge on any atom is -0.370 e. The van der Waals surface area contributed by atoms with Crippen molar-refractivity contribution in [3.05, 3.63) is 16.3 Å². The smallest absolute Gasteiger partial charge is 0.199 e. The average Bonchev–Trinajstić information content (AvgIpc) is 2.34. The van der Waals surface area contributed by atoms with Gasteiger partial charge in [0.15, 0.2) is 11.9 Å². The molecule has 0 bridgehead atoms.